The maximum absolute atomic E-state index is 3.60. The van der Waals surface area contributed by atoms with E-state index in [9.17, 15) is 0 Å². The number of anilines is 1. The molecule has 2 nitrogen and oxygen atoms in total. The summed E-state index contributed by atoms with van der Waals surface area (Å²) in [6.07, 6.45) is 1.16. The Morgan fingerprint density at radius 3 is 3.05 bits per heavy atom. The standard InChI is InChI=1S/C17H21BrN2S/c1-3-19-11-13-10-14(18)4-5-16(13)20-8-6-17-15(12(20)2)7-9-21-17/h4-5,7,9-10,12,19H,3,6,8,11H2,1-2H3. The molecule has 0 saturated heterocycles. The maximum Gasteiger partial charge on any atom is 0.0525 e. The van der Waals surface area contributed by atoms with Crippen molar-refractivity contribution in [3.63, 3.8) is 0 Å². The van der Waals surface area contributed by atoms with Crippen LogP contribution < -0.4 is 10.2 Å². The number of nitrogens with zero attached hydrogens (tertiary/aromatic N) is 1. The predicted octanol–water partition coefficient (Wildman–Crippen LogP) is 4.74. The highest BCUT2D eigenvalue weighted by Gasteiger charge is 2.26. The Morgan fingerprint density at radius 1 is 1.38 bits per heavy atom. The van der Waals surface area contributed by atoms with Gasteiger partial charge in [-0.2, -0.15) is 0 Å². The molecule has 0 bridgehead atoms. The van der Waals surface area contributed by atoms with E-state index in [4.69, 9.17) is 0 Å². The van der Waals surface area contributed by atoms with Gasteiger partial charge in [-0.1, -0.05) is 22.9 Å². The van der Waals surface area contributed by atoms with E-state index in [-0.39, 0.29) is 0 Å². The van der Waals surface area contributed by atoms with Gasteiger partial charge in [0.2, 0.25) is 0 Å². The summed E-state index contributed by atoms with van der Waals surface area (Å²) in [5.41, 5.74) is 4.24. The zero-order chi connectivity index (χ0) is 14.8. The van der Waals surface area contributed by atoms with E-state index in [1.165, 1.54) is 16.8 Å². The van der Waals surface area contributed by atoms with Crippen LogP contribution in [0.2, 0.25) is 0 Å². The first-order valence-corrected chi connectivity index (χ1v) is 9.20. The molecule has 2 aromatic rings. The van der Waals surface area contributed by atoms with Crippen LogP contribution >= 0.6 is 27.3 Å². The van der Waals surface area contributed by atoms with E-state index in [0.717, 1.165) is 30.5 Å². The Hall–Kier alpha value is -0.840. The molecule has 2 heterocycles. The number of fused-ring (bicyclic) bond motifs is 1. The van der Waals surface area contributed by atoms with Gasteiger partial charge in [0.05, 0.1) is 6.04 Å². The number of rotatable bonds is 4. The lowest BCUT2D eigenvalue weighted by atomic mass is 9.99. The predicted molar refractivity (Wildman–Crippen MR) is 95.3 cm³/mol. The van der Waals surface area contributed by atoms with Gasteiger partial charge in [0, 0.05) is 28.1 Å². The molecule has 0 spiro atoms. The van der Waals surface area contributed by atoms with E-state index < -0.39 is 0 Å². The van der Waals surface area contributed by atoms with E-state index >= 15 is 0 Å². The molecule has 21 heavy (non-hydrogen) atoms. The van der Waals surface area contributed by atoms with Gasteiger partial charge in [0.1, 0.15) is 0 Å². The number of halogens is 1. The smallest absolute Gasteiger partial charge is 0.0525 e. The average Bonchev–Trinajstić information content (AvgIpc) is 2.96. The van der Waals surface area contributed by atoms with Crippen molar-refractivity contribution in [1.29, 1.82) is 0 Å². The first-order chi connectivity index (χ1) is 10.2. The molecule has 4 heteroatoms. The third-order valence-electron chi connectivity index (χ3n) is 4.19. The Balaban J connectivity index is 1.93. The van der Waals surface area contributed by atoms with E-state index in [1.54, 1.807) is 4.88 Å². The summed E-state index contributed by atoms with van der Waals surface area (Å²) in [5, 5.41) is 5.68. The highest BCUT2D eigenvalue weighted by atomic mass is 79.9. The van der Waals surface area contributed by atoms with E-state index in [2.05, 4.69) is 69.6 Å². The van der Waals surface area contributed by atoms with Gasteiger partial charge in [-0.05, 0) is 60.7 Å². The summed E-state index contributed by atoms with van der Waals surface area (Å²) in [4.78, 5) is 4.11. The fraction of sp³-hybridized carbons (Fsp3) is 0.412. The van der Waals surface area contributed by atoms with Crippen molar-refractivity contribution < 1.29 is 0 Å². The van der Waals surface area contributed by atoms with Crippen molar-refractivity contribution >= 4 is 33.0 Å². The quantitative estimate of drug-likeness (QED) is 0.842. The summed E-state index contributed by atoms with van der Waals surface area (Å²) >= 11 is 5.50. The first kappa shape index (κ1) is 15.1. The average molecular weight is 365 g/mol. The highest BCUT2D eigenvalue weighted by Crippen LogP contribution is 2.37. The topological polar surface area (TPSA) is 15.3 Å². The molecule has 1 N–H and O–H groups in total. The fourth-order valence-electron chi connectivity index (χ4n) is 3.07. The lowest BCUT2D eigenvalue weighted by Gasteiger charge is -2.37. The lowest BCUT2D eigenvalue weighted by molar-refractivity contribution is 0.625. The van der Waals surface area contributed by atoms with Crippen LogP contribution in [0.15, 0.2) is 34.1 Å². The summed E-state index contributed by atoms with van der Waals surface area (Å²) in [6, 6.07) is 9.40. The Kier molecular flexibility index (Phi) is 4.67. The molecule has 0 amide bonds. The van der Waals surface area contributed by atoms with Gasteiger partial charge in [0.15, 0.2) is 0 Å². The van der Waals surface area contributed by atoms with Gasteiger partial charge < -0.3 is 10.2 Å². The van der Waals surface area contributed by atoms with Gasteiger partial charge in [-0.15, -0.1) is 11.3 Å². The van der Waals surface area contributed by atoms with Crippen LogP contribution in [0, 0.1) is 0 Å². The molecule has 1 atom stereocenters. The summed E-state index contributed by atoms with van der Waals surface area (Å²) in [6.45, 7) is 7.50. The van der Waals surface area contributed by atoms with Crippen molar-refractivity contribution in [1.82, 2.24) is 5.32 Å². The van der Waals surface area contributed by atoms with Crippen molar-refractivity contribution in [3.8, 4) is 0 Å². The van der Waals surface area contributed by atoms with Crippen molar-refractivity contribution in [2.75, 3.05) is 18.0 Å². The minimum atomic E-state index is 0.460. The largest absolute Gasteiger partial charge is 0.364 e. The molecule has 112 valence electrons. The van der Waals surface area contributed by atoms with Crippen molar-refractivity contribution in [2.45, 2.75) is 32.9 Å². The third kappa shape index (κ3) is 3.03. The molecular formula is C17H21BrN2S. The van der Waals surface area contributed by atoms with Crippen molar-refractivity contribution in [2.24, 2.45) is 0 Å². The molecule has 1 aliphatic rings. The summed E-state index contributed by atoms with van der Waals surface area (Å²) < 4.78 is 1.15. The Morgan fingerprint density at radius 2 is 2.24 bits per heavy atom. The molecule has 1 aromatic carbocycles. The van der Waals surface area contributed by atoms with Crippen LogP contribution in [-0.2, 0) is 13.0 Å². The van der Waals surface area contributed by atoms with Crippen LogP contribution in [0.1, 0.15) is 35.9 Å². The molecule has 0 saturated carbocycles. The number of hydrogen-bond donors (Lipinski definition) is 1. The molecule has 1 aliphatic heterocycles. The van der Waals surface area contributed by atoms with E-state index in [0.29, 0.717) is 6.04 Å². The monoisotopic (exact) mass is 364 g/mol. The summed E-state index contributed by atoms with van der Waals surface area (Å²) in [7, 11) is 0. The van der Waals surface area contributed by atoms with Crippen LogP contribution in [0.5, 0.6) is 0 Å². The number of benzene rings is 1. The molecule has 1 aromatic heterocycles. The first-order valence-electron chi connectivity index (χ1n) is 7.52. The minimum Gasteiger partial charge on any atom is -0.364 e. The maximum atomic E-state index is 3.60. The summed E-state index contributed by atoms with van der Waals surface area (Å²) in [5.74, 6) is 0. The molecule has 1 unspecified atom stereocenters. The number of nitrogens with one attached hydrogen (secondary N) is 1. The minimum absolute atomic E-state index is 0.460. The lowest BCUT2D eigenvalue weighted by Crippen LogP contribution is -2.34. The van der Waals surface area contributed by atoms with Gasteiger partial charge in [-0.3, -0.25) is 0 Å². The second kappa shape index (κ2) is 6.51. The van der Waals surface area contributed by atoms with Crippen LogP contribution in [0.4, 0.5) is 5.69 Å². The van der Waals surface area contributed by atoms with Gasteiger partial charge >= 0.3 is 0 Å². The zero-order valence-corrected chi connectivity index (χ0v) is 14.9. The molecule has 0 fully saturated rings. The van der Waals surface area contributed by atoms with E-state index in [1.807, 2.05) is 11.3 Å². The Labute approximate surface area is 139 Å². The van der Waals surface area contributed by atoms with Crippen LogP contribution in [0.3, 0.4) is 0 Å². The van der Waals surface area contributed by atoms with Crippen LogP contribution in [-0.4, -0.2) is 13.1 Å². The fourth-order valence-corrected chi connectivity index (χ4v) is 4.45. The molecular weight excluding hydrogens is 344 g/mol. The second-order valence-electron chi connectivity index (χ2n) is 5.47. The SMILES string of the molecule is CCNCc1cc(Br)ccc1N1CCc2sccc2C1C. The Bertz CT molecular complexity index is 623. The van der Waals surface area contributed by atoms with Crippen LogP contribution in [0.25, 0.3) is 0 Å². The second-order valence-corrected chi connectivity index (χ2v) is 7.39. The van der Waals surface area contributed by atoms with Crippen molar-refractivity contribution in [3.05, 3.63) is 50.1 Å². The number of hydrogen-bond acceptors (Lipinski definition) is 3. The molecule has 3 rings (SSSR count). The molecule has 0 radical (unpaired) electrons. The highest BCUT2D eigenvalue weighted by molar-refractivity contribution is 9.10. The molecule has 0 aliphatic carbocycles. The zero-order valence-electron chi connectivity index (χ0n) is 12.5. The van der Waals surface area contributed by atoms with Gasteiger partial charge in [-0.25, -0.2) is 0 Å². The van der Waals surface area contributed by atoms with Gasteiger partial charge in [0.25, 0.3) is 0 Å². The normalized spacial score (nSPS) is 17.9. The third-order valence-corrected chi connectivity index (χ3v) is 5.68. The number of thiophene rings is 1.